The molecule has 5 rings (SSSR count). The molecule has 2 aromatic heterocycles. The molecule has 6 heteroatoms. The molecule has 32 heavy (non-hydrogen) atoms. The van der Waals surface area contributed by atoms with Gasteiger partial charge in [0.05, 0.1) is 17.0 Å². The first kappa shape index (κ1) is 20.7. The molecule has 0 aliphatic carbocycles. The second kappa shape index (κ2) is 8.75. The summed E-state index contributed by atoms with van der Waals surface area (Å²) in [5.74, 6) is 0.838. The topological polar surface area (TPSA) is 52.7 Å². The number of nitrogens with zero attached hydrogens (tertiary/aromatic N) is 4. The third-order valence-corrected chi connectivity index (χ3v) is 6.40. The van der Waals surface area contributed by atoms with Crippen molar-refractivity contribution in [3.8, 4) is 11.4 Å². The minimum atomic E-state index is 0.0409. The van der Waals surface area contributed by atoms with Gasteiger partial charge in [-0.3, -0.25) is 9.48 Å². The third-order valence-electron chi connectivity index (χ3n) is 6.03. The maximum absolute atomic E-state index is 13.3. The molecule has 1 aliphatic heterocycles. The van der Waals surface area contributed by atoms with E-state index < -0.39 is 0 Å². The van der Waals surface area contributed by atoms with Crippen molar-refractivity contribution >= 4 is 11.6 Å². The summed E-state index contributed by atoms with van der Waals surface area (Å²) in [5, 5.41) is 0.669. The Kier molecular flexibility index (Phi) is 5.66. The second-order valence-electron chi connectivity index (χ2n) is 8.17. The lowest BCUT2D eigenvalue weighted by Gasteiger charge is -2.12. The van der Waals surface area contributed by atoms with Crippen LogP contribution in [0, 0.1) is 6.42 Å². The van der Waals surface area contributed by atoms with Gasteiger partial charge in [0.15, 0.2) is 0 Å². The van der Waals surface area contributed by atoms with Crippen LogP contribution in [0.1, 0.15) is 41.8 Å². The molecule has 0 saturated heterocycles. The van der Waals surface area contributed by atoms with Crippen molar-refractivity contribution in [2.45, 2.75) is 38.8 Å². The Labute approximate surface area is 192 Å². The molecule has 0 N–H and O–H groups in total. The Morgan fingerprint density at radius 2 is 1.78 bits per heavy atom. The van der Waals surface area contributed by atoms with Crippen molar-refractivity contribution in [1.82, 2.24) is 19.3 Å². The monoisotopic (exact) mass is 443 g/mol. The van der Waals surface area contributed by atoms with Crippen molar-refractivity contribution < 1.29 is 0 Å². The summed E-state index contributed by atoms with van der Waals surface area (Å²) in [5.41, 5.74) is 4.57. The lowest BCUT2D eigenvalue weighted by atomic mass is 9.97. The van der Waals surface area contributed by atoms with Crippen LogP contribution in [0.15, 0.2) is 71.7 Å². The van der Waals surface area contributed by atoms with E-state index in [2.05, 4.69) is 35.1 Å². The standard InChI is InChI=1S/C26H24ClN4O/c1-18(19-8-3-2-4-9-19)16-24-28-13-12-23(29-24)25-21(17-20-10-5-6-11-22(20)27)26(32)31-15-7-14-30(25)31/h2-6,8-13,16,18H,7,14-15,17H2,1H3/t18-/m1/s1. The van der Waals surface area contributed by atoms with E-state index in [0.717, 1.165) is 42.0 Å². The van der Waals surface area contributed by atoms with Gasteiger partial charge in [0.25, 0.3) is 5.56 Å². The van der Waals surface area contributed by atoms with Gasteiger partial charge in [-0.1, -0.05) is 67.1 Å². The molecule has 5 nitrogen and oxygen atoms in total. The van der Waals surface area contributed by atoms with Crippen molar-refractivity contribution in [3.05, 3.63) is 111 Å². The lowest BCUT2D eigenvalue weighted by molar-refractivity contribution is 0.598. The molecule has 2 aromatic carbocycles. The fraction of sp³-hybridized carbons (Fsp3) is 0.231. The summed E-state index contributed by atoms with van der Waals surface area (Å²) in [6.45, 7) is 3.66. The third kappa shape index (κ3) is 3.89. The number of hydrogen-bond donors (Lipinski definition) is 0. The van der Waals surface area contributed by atoms with Crippen molar-refractivity contribution in [3.63, 3.8) is 0 Å². The van der Waals surface area contributed by atoms with Gasteiger partial charge in [-0.15, -0.1) is 0 Å². The van der Waals surface area contributed by atoms with Gasteiger partial charge in [-0.25, -0.2) is 14.6 Å². The number of halogens is 1. The Hall–Kier alpha value is -3.18. The SMILES string of the molecule is C[C@H]([CH]c1nccc(-c2c(Cc3ccccc3Cl)c(=O)n3n2CCC3)n1)c1ccccc1. The van der Waals surface area contributed by atoms with Crippen molar-refractivity contribution in [2.24, 2.45) is 0 Å². The second-order valence-corrected chi connectivity index (χ2v) is 8.57. The highest BCUT2D eigenvalue weighted by Gasteiger charge is 2.26. The minimum Gasteiger partial charge on any atom is -0.280 e. The quantitative estimate of drug-likeness (QED) is 0.416. The Balaban J connectivity index is 1.54. The van der Waals surface area contributed by atoms with E-state index in [0.29, 0.717) is 17.3 Å². The van der Waals surface area contributed by atoms with Gasteiger partial charge in [0, 0.05) is 37.2 Å². The molecular weight excluding hydrogens is 420 g/mol. The molecule has 1 radical (unpaired) electrons. The molecular formula is C26H24ClN4O. The fourth-order valence-corrected chi connectivity index (χ4v) is 4.61. The van der Waals surface area contributed by atoms with E-state index in [-0.39, 0.29) is 11.5 Å². The van der Waals surface area contributed by atoms with Crippen LogP contribution >= 0.6 is 11.6 Å². The first-order valence-corrected chi connectivity index (χ1v) is 11.3. The van der Waals surface area contributed by atoms with E-state index in [9.17, 15) is 4.79 Å². The average Bonchev–Trinajstić information content (AvgIpc) is 3.38. The summed E-state index contributed by atoms with van der Waals surface area (Å²) in [6, 6.07) is 19.9. The first-order valence-electron chi connectivity index (χ1n) is 10.9. The molecule has 161 valence electrons. The van der Waals surface area contributed by atoms with Crippen LogP contribution in [0.4, 0.5) is 0 Å². The first-order chi connectivity index (χ1) is 15.6. The highest BCUT2D eigenvalue weighted by atomic mass is 35.5. The Morgan fingerprint density at radius 1 is 1.03 bits per heavy atom. The highest BCUT2D eigenvalue weighted by molar-refractivity contribution is 6.31. The minimum absolute atomic E-state index is 0.0409. The number of aromatic nitrogens is 4. The zero-order valence-corrected chi connectivity index (χ0v) is 18.7. The summed E-state index contributed by atoms with van der Waals surface area (Å²) in [6.07, 6.45) is 5.26. The normalized spacial score (nSPS) is 13.8. The van der Waals surface area contributed by atoms with Crippen LogP contribution in [0.25, 0.3) is 11.4 Å². The van der Waals surface area contributed by atoms with Crippen LogP contribution in [-0.4, -0.2) is 19.3 Å². The molecule has 0 amide bonds. The Morgan fingerprint density at radius 3 is 2.59 bits per heavy atom. The molecule has 0 saturated carbocycles. The van der Waals surface area contributed by atoms with Gasteiger partial charge in [0.2, 0.25) is 0 Å². The van der Waals surface area contributed by atoms with Gasteiger partial charge in [0.1, 0.15) is 5.82 Å². The summed E-state index contributed by atoms with van der Waals surface area (Å²) in [7, 11) is 0. The number of hydrogen-bond acceptors (Lipinski definition) is 3. The fourth-order valence-electron chi connectivity index (χ4n) is 4.41. The summed E-state index contributed by atoms with van der Waals surface area (Å²) >= 11 is 6.41. The number of rotatable bonds is 6. The maximum atomic E-state index is 13.3. The predicted molar refractivity (Wildman–Crippen MR) is 127 cm³/mol. The van der Waals surface area contributed by atoms with E-state index >= 15 is 0 Å². The predicted octanol–water partition coefficient (Wildman–Crippen LogP) is 5.11. The lowest BCUT2D eigenvalue weighted by Crippen LogP contribution is -2.18. The van der Waals surface area contributed by atoms with Gasteiger partial charge in [-0.2, -0.15) is 0 Å². The van der Waals surface area contributed by atoms with Gasteiger partial charge < -0.3 is 0 Å². The molecule has 0 unspecified atom stereocenters. The zero-order chi connectivity index (χ0) is 22.1. The molecule has 0 spiro atoms. The molecule has 0 fully saturated rings. The summed E-state index contributed by atoms with van der Waals surface area (Å²) < 4.78 is 3.90. The van der Waals surface area contributed by atoms with E-state index in [1.807, 2.05) is 53.2 Å². The van der Waals surface area contributed by atoms with E-state index in [1.165, 1.54) is 5.56 Å². The van der Waals surface area contributed by atoms with E-state index in [1.54, 1.807) is 6.20 Å². The summed E-state index contributed by atoms with van der Waals surface area (Å²) in [4.78, 5) is 22.6. The van der Waals surface area contributed by atoms with Crippen LogP contribution in [0.2, 0.25) is 5.02 Å². The molecule has 0 bridgehead atoms. The van der Waals surface area contributed by atoms with Crippen molar-refractivity contribution in [2.75, 3.05) is 0 Å². The largest absolute Gasteiger partial charge is 0.280 e. The van der Waals surface area contributed by atoms with Crippen LogP contribution in [0.5, 0.6) is 0 Å². The molecule has 3 heterocycles. The number of fused-ring (bicyclic) bond motifs is 1. The van der Waals surface area contributed by atoms with Gasteiger partial charge >= 0.3 is 0 Å². The van der Waals surface area contributed by atoms with Crippen LogP contribution in [-0.2, 0) is 19.5 Å². The molecule has 1 atom stereocenters. The highest BCUT2D eigenvalue weighted by Crippen LogP contribution is 2.28. The molecule has 4 aromatic rings. The smallest absolute Gasteiger partial charge is 0.270 e. The average molecular weight is 444 g/mol. The van der Waals surface area contributed by atoms with Crippen molar-refractivity contribution in [1.29, 1.82) is 0 Å². The van der Waals surface area contributed by atoms with Gasteiger partial charge in [-0.05, 0) is 35.6 Å². The van der Waals surface area contributed by atoms with Crippen LogP contribution < -0.4 is 5.56 Å². The zero-order valence-electron chi connectivity index (χ0n) is 17.9. The van der Waals surface area contributed by atoms with E-state index in [4.69, 9.17) is 16.6 Å². The number of benzene rings is 2. The molecule has 1 aliphatic rings. The Bertz CT molecular complexity index is 1310. The van der Waals surface area contributed by atoms with Crippen LogP contribution in [0.3, 0.4) is 0 Å². The maximum Gasteiger partial charge on any atom is 0.270 e.